The fourth-order valence-electron chi connectivity index (χ4n) is 2.46. The molecule has 0 saturated heterocycles. The van der Waals surface area contributed by atoms with Gasteiger partial charge in [-0.3, -0.25) is 0 Å². The van der Waals surface area contributed by atoms with E-state index >= 15 is 0 Å². The lowest BCUT2D eigenvalue weighted by atomic mass is 9.85. The molecule has 1 spiro atoms. The van der Waals surface area contributed by atoms with Crippen molar-refractivity contribution in [1.29, 1.82) is 0 Å². The molecular weight excluding hydrogens is 236 g/mol. The average Bonchev–Trinajstić information content (AvgIpc) is 2.50. The fourth-order valence-corrected chi connectivity index (χ4v) is 3.63. The molecule has 0 aromatic rings. The number of carbonyl (C=O) groups is 1. The van der Waals surface area contributed by atoms with Gasteiger partial charge in [0.15, 0.2) is 5.84 Å². The van der Waals surface area contributed by atoms with Crippen molar-refractivity contribution in [2.75, 3.05) is 5.75 Å². The summed E-state index contributed by atoms with van der Waals surface area (Å²) < 4.78 is 5.54. The van der Waals surface area contributed by atoms with Crippen molar-refractivity contribution in [2.24, 2.45) is 9.98 Å². The SMILES string of the molecule is CC1=NC2=NC(=O)OC23CSC(C)(C)C=C3C1. The van der Waals surface area contributed by atoms with Gasteiger partial charge in [0.1, 0.15) is 0 Å². The Kier molecular flexibility index (Phi) is 2.09. The standard InChI is InChI=1S/C12H14N2O2S/c1-7-4-8-5-11(2,3)17-6-12(8)9(13-7)14-10(15)16-12/h5H,4,6H2,1-3H3. The van der Waals surface area contributed by atoms with Gasteiger partial charge in [0.2, 0.25) is 5.60 Å². The molecule has 1 amide bonds. The molecule has 90 valence electrons. The van der Waals surface area contributed by atoms with Crippen molar-refractivity contribution in [3.8, 4) is 0 Å². The third kappa shape index (κ3) is 1.56. The molecule has 0 N–H and O–H groups in total. The second kappa shape index (κ2) is 3.22. The molecule has 0 radical (unpaired) electrons. The zero-order valence-electron chi connectivity index (χ0n) is 10.1. The molecular formula is C12H14N2O2S. The predicted octanol–water partition coefficient (Wildman–Crippen LogP) is 2.59. The third-order valence-electron chi connectivity index (χ3n) is 3.25. The number of thioether (sulfide) groups is 1. The van der Waals surface area contributed by atoms with Crippen molar-refractivity contribution in [1.82, 2.24) is 0 Å². The highest BCUT2D eigenvalue weighted by Gasteiger charge is 2.53. The van der Waals surface area contributed by atoms with Crippen LogP contribution in [0.2, 0.25) is 0 Å². The van der Waals surface area contributed by atoms with Crippen LogP contribution in [-0.2, 0) is 4.74 Å². The number of hydrogen-bond donors (Lipinski definition) is 0. The van der Waals surface area contributed by atoms with Crippen LogP contribution in [0.25, 0.3) is 0 Å². The maximum Gasteiger partial charge on any atom is 0.436 e. The number of amidine groups is 1. The van der Waals surface area contributed by atoms with Gasteiger partial charge in [-0.1, -0.05) is 6.08 Å². The van der Waals surface area contributed by atoms with Crippen LogP contribution in [0.15, 0.2) is 21.6 Å². The first-order chi connectivity index (χ1) is 7.91. The first-order valence-electron chi connectivity index (χ1n) is 5.64. The minimum absolute atomic E-state index is 0.0817. The molecule has 0 aliphatic carbocycles. The van der Waals surface area contributed by atoms with Gasteiger partial charge in [-0.2, -0.15) is 4.99 Å². The second-order valence-corrected chi connectivity index (χ2v) is 6.85. The predicted molar refractivity (Wildman–Crippen MR) is 69.0 cm³/mol. The van der Waals surface area contributed by atoms with E-state index in [1.165, 1.54) is 0 Å². The molecule has 4 nitrogen and oxygen atoms in total. The monoisotopic (exact) mass is 250 g/mol. The van der Waals surface area contributed by atoms with E-state index in [0.29, 0.717) is 11.6 Å². The summed E-state index contributed by atoms with van der Waals surface area (Å²) in [6, 6.07) is 0. The first-order valence-corrected chi connectivity index (χ1v) is 6.62. The van der Waals surface area contributed by atoms with Crippen LogP contribution >= 0.6 is 11.8 Å². The molecule has 0 aromatic carbocycles. The molecule has 1 atom stereocenters. The summed E-state index contributed by atoms with van der Waals surface area (Å²) in [4.78, 5) is 19.7. The topological polar surface area (TPSA) is 51.0 Å². The molecule has 0 bridgehead atoms. The van der Waals surface area contributed by atoms with Gasteiger partial charge in [-0.15, -0.1) is 11.8 Å². The quantitative estimate of drug-likeness (QED) is 0.621. The fraction of sp³-hybridized carbons (Fsp3) is 0.583. The average molecular weight is 250 g/mol. The Bertz CT molecular complexity index is 505. The molecule has 0 aromatic heterocycles. The molecule has 17 heavy (non-hydrogen) atoms. The Labute approximate surface area is 104 Å². The van der Waals surface area contributed by atoms with E-state index in [-0.39, 0.29) is 4.75 Å². The van der Waals surface area contributed by atoms with Crippen molar-refractivity contribution in [3.05, 3.63) is 11.6 Å². The van der Waals surface area contributed by atoms with Crippen LogP contribution < -0.4 is 0 Å². The van der Waals surface area contributed by atoms with E-state index in [1.54, 1.807) is 11.8 Å². The van der Waals surface area contributed by atoms with Gasteiger partial charge in [-0.05, 0) is 26.3 Å². The Morgan fingerprint density at radius 3 is 2.94 bits per heavy atom. The van der Waals surface area contributed by atoms with E-state index < -0.39 is 11.7 Å². The summed E-state index contributed by atoms with van der Waals surface area (Å²) in [6.07, 6.45) is 2.47. The lowest BCUT2D eigenvalue weighted by Crippen LogP contribution is -2.49. The van der Waals surface area contributed by atoms with Crippen LogP contribution in [0.1, 0.15) is 27.2 Å². The van der Waals surface area contributed by atoms with Crippen molar-refractivity contribution in [2.45, 2.75) is 37.5 Å². The molecule has 3 aliphatic rings. The lowest BCUT2D eigenvalue weighted by Gasteiger charge is -2.40. The molecule has 3 aliphatic heterocycles. The third-order valence-corrected chi connectivity index (χ3v) is 4.66. The largest absolute Gasteiger partial charge is 0.436 e. The highest BCUT2D eigenvalue weighted by atomic mass is 32.2. The van der Waals surface area contributed by atoms with Crippen LogP contribution in [0.4, 0.5) is 4.79 Å². The molecule has 3 rings (SSSR count). The van der Waals surface area contributed by atoms with Crippen LogP contribution in [-0.4, -0.2) is 33.7 Å². The van der Waals surface area contributed by atoms with Crippen molar-refractivity contribution < 1.29 is 9.53 Å². The van der Waals surface area contributed by atoms with Crippen LogP contribution in [0.3, 0.4) is 0 Å². The summed E-state index contributed by atoms with van der Waals surface area (Å²) in [5, 5.41) is 0. The zero-order valence-corrected chi connectivity index (χ0v) is 10.9. The number of ether oxygens (including phenoxy) is 1. The highest BCUT2D eigenvalue weighted by molar-refractivity contribution is 8.00. The minimum Gasteiger partial charge on any atom is -0.427 e. The summed E-state index contributed by atoms with van der Waals surface area (Å²) in [6.45, 7) is 6.31. The summed E-state index contributed by atoms with van der Waals surface area (Å²) >= 11 is 1.77. The molecule has 0 saturated carbocycles. The number of nitrogens with zero attached hydrogens (tertiary/aromatic N) is 2. The minimum atomic E-state index is -0.670. The van der Waals surface area contributed by atoms with Crippen molar-refractivity contribution in [3.63, 3.8) is 0 Å². The van der Waals surface area contributed by atoms with E-state index in [2.05, 4.69) is 29.9 Å². The molecule has 0 fully saturated rings. The Morgan fingerprint density at radius 1 is 1.41 bits per heavy atom. The van der Waals surface area contributed by atoms with Gasteiger partial charge in [0.25, 0.3) is 0 Å². The van der Waals surface area contributed by atoms with Gasteiger partial charge in [0, 0.05) is 22.6 Å². The van der Waals surface area contributed by atoms with E-state index in [4.69, 9.17) is 4.74 Å². The van der Waals surface area contributed by atoms with Crippen molar-refractivity contribution >= 4 is 29.4 Å². The van der Waals surface area contributed by atoms with E-state index in [1.807, 2.05) is 6.92 Å². The highest BCUT2D eigenvalue weighted by Crippen LogP contribution is 2.46. The van der Waals surface area contributed by atoms with Crippen LogP contribution in [0.5, 0.6) is 0 Å². The molecule has 1 unspecified atom stereocenters. The Balaban J connectivity index is 2.16. The van der Waals surface area contributed by atoms with Gasteiger partial charge >= 0.3 is 6.09 Å². The number of amides is 1. The summed E-state index contributed by atoms with van der Waals surface area (Å²) in [5.41, 5.74) is 1.46. The molecule has 3 heterocycles. The van der Waals surface area contributed by atoms with Gasteiger partial charge < -0.3 is 4.74 Å². The summed E-state index contributed by atoms with van der Waals surface area (Å²) in [7, 11) is 0. The Hall–Kier alpha value is -1.10. The number of carbonyl (C=O) groups excluding carboxylic acids is 1. The number of aliphatic imine (C=N–C) groups is 2. The Morgan fingerprint density at radius 2 is 2.18 bits per heavy atom. The maximum atomic E-state index is 11.4. The van der Waals surface area contributed by atoms with Crippen LogP contribution in [0, 0.1) is 0 Å². The smallest absolute Gasteiger partial charge is 0.427 e. The lowest BCUT2D eigenvalue weighted by molar-refractivity contribution is 0.115. The number of rotatable bonds is 0. The van der Waals surface area contributed by atoms with E-state index in [9.17, 15) is 4.79 Å². The maximum absolute atomic E-state index is 11.4. The number of hydrogen-bond acceptors (Lipinski definition) is 4. The van der Waals surface area contributed by atoms with E-state index in [0.717, 1.165) is 17.7 Å². The normalized spacial score (nSPS) is 34.1. The first kappa shape index (κ1) is 11.0. The zero-order chi connectivity index (χ0) is 12.3. The second-order valence-electron chi connectivity index (χ2n) is 5.22. The molecule has 5 heteroatoms. The summed E-state index contributed by atoms with van der Waals surface area (Å²) in [5.74, 6) is 1.26. The van der Waals surface area contributed by atoms with Gasteiger partial charge in [-0.25, -0.2) is 9.79 Å². The van der Waals surface area contributed by atoms with Gasteiger partial charge in [0.05, 0.1) is 0 Å².